The van der Waals surface area contributed by atoms with Crippen LogP contribution in [0.2, 0.25) is 10.0 Å². The fourth-order valence-electron chi connectivity index (χ4n) is 2.10. The molecule has 1 amide bonds. The van der Waals surface area contributed by atoms with Gasteiger partial charge in [-0.2, -0.15) is 0 Å². The summed E-state index contributed by atoms with van der Waals surface area (Å²) >= 11 is 11.9. The lowest BCUT2D eigenvalue weighted by molar-refractivity contribution is -0.159. The number of hydrogen-bond acceptors (Lipinski definition) is 5. The van der Waals surface area contributed by atoms with Crippen molar-refractivity contribution in [1.82, 2.24) is 0 Å². The first-order chi connectivity index (χ1) is 9.70. The number of amides is 1. The predicted octanol–water partition coefficient (Wildman–Crippen LogP) is 1.45. The number of fused-ring (bicyclic) bond motifs is 1. The molecule has 8 heteroatoms. The third-order valence-corrected chi connectivity index (χ3v) is 3.73. The second-order valence-electron chi connectivity index (χ2n) is 4.74. The third kappa shape index (κ3) is 2.50. The highest BCUT2D eigenvalue weighted by atomic mass is 35.5. The Bertz CT molecular complexity index is 656. The van der Waals surface area contributed by atoms with E-state index in [2.05, 4.69) is 4.74 Å². The van der Waals surface area contributed by atoms with Crippen LogP contribution in [0, 0.1) is 0 Å². The number of halogens is 2. The van der Waals surface area contributed by atoms with E-state index in [1.807, 2.05) is 0 Å². The summed E-state index contributed by atoms with van der Waals surface area (Å²) < 4.78 is 4.46. The van der Waals surface area contributed by atoms with Crippen molar-refractivity contribution in [2.45, 2.75) is 12.5 Å². The average molecular weight is 332 g/mol. The molecule has 0 aromatic heterocycles. The first-order valence-electron chi connectivity index (χ1n) is 5.85. The van der Waals surface area contributed by atoms with Gasteiger partial charge in [-0.3, -0.25) is 14.5 Å². The number of β-amino-alcohol motifs (C(OH)–C–C–N with tert-alkyl or cyclic N) is 1. The highest BCUT2D eigenvalue weighted by Gasteiger charge is 2.44. The number of ether oxygens (including phenoxy) is 1. The number of benzene rings is 1. The van der Waals surface area contributed by atoms with Gasteiger partial charge in [0.15, 0.2) is 5.60 Å². The summed E-state index contributed by atoms with van der Waals surface area (Å²) in [5, 5.41) is 10.3. The molecule has 0 aliphatic carbocycles. The summed E-state index contributed by atoms with van der Waals surface area (Å²) in [6, 6.07) is 2.82. The lowest BCUT2D eigenvalue weighted by Crippen LogP contribution is -2.49. The number of ketones is 1. The van der Waals surface area contributed by atoms with Gasteiger partial charge in [0.2, 0.25) is 0 Å². The van der Waals surface area contributed by atoms with Gasteiger partial charge in [0, 0.05) is 0 Å². The van der Waals surface area contributed by atoms with Gasteiger partial charge in [-0.05, 0) is 19.1 Å². The van der Waals surface area contributed by atoms with E-state index in [4.69, 9.17) is 23.2 Å². The number of esters is 1. The number of hydrogen-bond donors (Lipinski definition) is 1. The van der Waals surface area contributed by atoms with Crippen molar-refractivity contribution in [2.24, 2.45) is 0 Å². The molecule has 0 fully saturated rings. The van der Waals surface area contributed by atoms with E-state index in [0.29, 0.717) is 0 Å². The molecule has 1 aliphatic heterocycles. The molecule has 112 valence electrons. The van der Waals surface area contributed by atoms with Gasteiger partial charge in [-0.15, -0.1) is 0 Å². The van der Waals surface area contributed by atoms with Crippen molar-refractivity contribution in [3.8, 4) is 0 Å². The minimum absolute atomic E-state index is 0.0326. The van der Waals surface area contributed by atoms with Crippen LogP contribution in [0.1, 0.15) is 17.3 Å². The number of methoxy groups -OCH3 is 1. The van der Waals surface area contributed by atoms with Gasteiger partial charge in [-0.25, -0.2) is 4.79 Å². The van der Waals surface area contributed by atoms with Gasteiger partial charge < -0.3 is 9.84 Å². The van der Waals surface area contributed by atoms with Crippen LogP contribution < -0.4 is 4.90 Å². The number of anilines is 1. The van der Waals surface area contributed by atoms with Crippen LogP contribution in [0.3, 0.4) is 0 Å². The van der Waals surface area contributed by atoms with Crippen molar-refractivity contribution >= 4 is 46.5 Å². The summed E-state index contributed by atoms with van der Waals surface area (Å²) in [6.07, 6.45) is 0. The molecule has 0 radical (unpaired) electrons. The molecule has 1 aromatic rings. The molecule has 2 rings (SSSR count). The van der Waals surface area contributed by atoms with Crippen molar-refractivity contribution in [1.29, 1.82) is 0 Å². The fourth-order valence-corrected chi connectivity index (χ4v) is 2.59. The normalized spacial score (nSPS) is 16.7. The molecule has 0 spiro atoms. The quantitative estimate of drug-likeness (QED) is 0.669. The third-order valence-electron chi connectivity index (χ3n) is 3.11. The van der Waals surface area contributed by atoms with Crippen molar-refractivity contribution in [3.05, 3.63) is 27.7 Å². The Morgan fingerprint density at radius 2 is 1.90 bits per heavy atom. The summed E-state index contributed by atoms with van der Waals surface area (Å²) in [6.45, 7) is 0.699. The molecular weight excluding hydrogens is 321 g/mol. The molecule has 1 atom stereocenters. The second-order valence-corrected chi connectivity index (χ2v) is 5.55. The summed E-state index contributed by atoms with van der Waals surface area (Å²) in [5.41, 5.74) is -1.93. The molecule has 1 N–H and O–H groups in total. The van der Waals surface area contributed by atoms with Gasteiger partial charge >= 0.3 is 5.97 Å². The Hall–Kier alpha value is -1.63. The summed E-state index contributed by atoms with van der Waals surface area (Å²) in [4.78, 5) is 36.5. The van der Waals surface area contributed by atoms with Gasteiger partial charge in [0.25, 0.3) is 11.7 Å². The van der Waals surface area contributed by atoms with Crippen LogP contribution in [0.4, 0.5) is 5.69 Å². The number of carbonyl (C=O) groups excluding carboxylic acids is 3. The Morgan fingerprint density at radius 3 is 2.48 bits per heavy atom. The molecule has 21 heavy (non-hydrogen) atoms. The van der Waals surface area contributed by atoms with Crippen molar-refractivity contribution in [3.63, 3.8) is 0 Å². The summed E-state index contributed by atoms with van der Waals surface area (Å²) in [7, 11) is 1.10. The average Bonchev–Trinajstić information content (AvgIpc) is 2.67. The molecule has 1 unspecified atom stereocenters. The maximum atomic E-state index is 12.1. The highest BCUT2D eigenvalue weighted by molar-refractivity contribution is 6.57. The van der Waals surface area contributed by atoms with Crippen LogP contribution in [-0.4, -0.2) is 42.0 Å². The zero-order valence-corrected chi connectivity index (χ0v) is 12.7. The van der Waals surface area contributed by atoms with E-state index in [1.54, 1.807) is 0 Å². The predicted molar refractivity (Wildman–Crippen MR) is 75.8 cm³/mol. The molecule has 0 saturated heterocycles. The molecule has 1 heterocycles. The van der Waals surface area contributed by atoms with E-state index in [0.717, 1.165) is 12.0 Å². The Kier molecular flexibility index (Phi) is 3.97. The van der Waals surface area contributed by atoms with E-state index in [1.165, 1.54) is 19.1 Å². The van der Waals surface area contributed by atoms with Crippen LogP contribution in [0.25, 0.3) is 0 Å². The molecular formula is C13H11Cl2NO5. The maximum absolute atomic E-state index is 12.1. The summed E-state index contributed by atoms with van der Waals surface area (Å²) in [5.74, 6) is -2.68. The largest absolute Gasteiger partial charge is 0.467 e. The number of Topliss-reactive ketones (excluding diaryl/α,β-unsaturated/α-hetero) is 1. The maximum Gasteiger partial charge on any atom is 0.339 e. The van der Waals surface area contributed by atoms with Gasteiger partial charge in [0.1, 0.15) is 0 Å². The lowest BCUT2D eigenvalue weighted by atomic mass is 10.1. The topological polar surface area (TPSA) is 83.9 Å². The van der Waals surface area contributed by atoms with Crippen LogP contribution in [0.15, 0.2) is 12.1 Å². The minimum atomic E-state index is -1.99. The SMILES string of the molecule is COC(=O)C(C)(O)CN1C(=O)C(=O)c2c(Cl)ccc(Cl)c21. The van der Waals surface area contributed by atoms with Crippen LogP contribution in [0.5, 0.6) is 0 Å². The monoisotopic (exact) mass is 331 g/mol. The van der Waals surface area contributed by atoms with E-state index in [9.17, 15) is 19.5 Å². The number of nitrogens with zero attached hydrogens (tertiary/aromatic N) is 1. The van der Waals surface area contributed by atoms with Crippen molar-refractivity contribution in [2.75, 3.05) is 18.6 Å². The molecule has 0 bridgehead atoms. The standard InChI is InChI=1S/C13H11Cl2NO5/c1-13(20,12(19)21-2)5-16-9-7(15)4-3-6(14)8(9)10(17)11(16)18/h3-4,20H,5H2,1-2H3. The van der Waals surface area contributed by atoms with Crippen LogP contribution in [-0.2, 0) is 14.3 Å². The smallest absolute Gasteiger partial charge is 0.339 e. The Balaban J connectivity index is 2.50. The minimum Gasteiger partial charge on any atom is -0.467 e. The number of rotatable bonds is 3. The van der Waals surface area contributed by atoms with Gasteiger partial charge in [-0.1, -0.05) is 23.2 Å². The van der Waals surface area contributed by atoms with Crippen molar-refractivity contribution < 1.29 is 24.2 Å². The van der Waals surface area contributed by atoms with E-state index < -0.39 is 29.8 Å². The molecule has 1 aliphatic rings. The second kappa shape index (κ2) is 5.29. The Labute approximate surface area is 130 Å². The first kappa shape index (κ1) is 15.8. The zero-order valence-electron chi connectivity index (χ0n) is 11.1. The lowest BCUT2D eigenvalue weighted by Gasteiger charge is -2.27. The van der Waals surface area contributed by atoms with Crippen LogP contribution >= 0.6 is 23.2 Å². The molecule has 6 nitrogen and oxygen atoms in total. The van der Waals surface area contributed by atoms with E-state index in [-0.39, 0.29) is 21.3 Å². The highest BCUT2D eigenvalue weighted by Crippen LogP contribution is 2.40. The Morgan fingerprint density at radius 1 is 1.33 bits per heavy atom. The number of aliphatic hydroxyl groups is 1. The molecule has 1 aromatic carbocycles. The number of carbonyl (C=O) groups is 3. The molecule has 0 saturated carbocycles. The first-order valence-corrected chi connectivity index (χ1v) is 6.61. The zero-order chi connectivity index (χ0) is 15.9. The van der Waals surface area contributed by atoms with E-state index >= 15 is 0 Å². The van der Waals surface area contributed by atoms with Gasteiger partial charge in [0.05, 0.1) is 35.0 Å². The fraction of sp³-hybridized carbons (Fsp3) is 0.308.